The van der Waals surface area contributed by atoms with Gasteiger partial charge in [-0.15, -0.1) is 0 Å². The normalized spacial score (nSPS) is 15.8. The Hall–Kier alpha value is -3.78. The number of carbonyl (C=O) groups excluding carboxylic acids is 1. The van der Waals surface area contributed by atoms with Crippen LogP contribution in [0.2, 0.25) is 0 Å². The Kier molecular flexibility index (Phi) is 6.11. The van der Waals surface area contributed by atoms with E-state index in [0.717, 1.165) is 11.1 Å². The highest BCUT2D eigenvalue weighted by Gasteiger charge is 2.40. The van der Waals surface area contributed by atoms with Crippen LogP contribution in [0.15, 0.2) is 77.8 Å². The van der Waals surface area contributed by atoms with Gasteiger partial charge in [-0.3, -0.25) is 9.10 Å². The number of methoxy groups -OCH3 is 2. The Morgan fingerprint density at radius 2 is 1.64 bits per heavy atom. The van der Waals surface area contributed by atoms with Gasteiger partial charge in [-0.2, -0.15) is 0 Å². The number of ether oxygens (including phenoxy) is 2. The number of rotatable bonds is 6. The number of hydrogen-bond donors (Lipinski definition) is 1. The van der Waals surface area contributed by atoms with E-state index in [1.54, 1.807) is 42.5 Å². The lowest BCUT2D eigenvalue weighted by molar-refractivity contribution is 0.104. The molecular weight excluding hydrogens is 440 g/mol. The Morgan fingerprint density at radius 3 is 2.30 bits per heavy atom. The summed E-state index contributed by atoms with van der Waals surface area (Å²) in [4.78, 5) is 12.9. The average Bonchev–Trinajstić information content (AvgIpc) is 2.81. The molecule has 0 spiro atoms. The second kappa shape index (κ2) is 8.99. The molecule has 7 nitrogen and oxygen atoms in total. The Labute approximate surface area is 193 Å². The first-order chi connectivity index (χ1) is 15.8. The lowest BCUT2D eigenvalue weighted by atomic mass is 10.1. The van der Waals surface area contributed by atoms with Crippen molar-refractivity contribution in [2.24, 2.45) is 0 Å². The number of anilines is 2. The summed E-state index contributed by atoms with van der Waals surface area (Å²) < 4.78 is 39.0. The fraction of sp³-hybridized carbons (Fsp3) is 0.160. The highest BCUT2D eigenvalue weighted by Crippen LogP contribution is 2.36. The van der Waals surface area contributed by atoms with Gasteiger partial charge < -0.3 is 14.8 Å². The lowest BCUT2D eigenvalue weighted by Gasteiger charge is -2.31. The molecular formula is C25H24N2O5S. The van der Waals surface area contributed by atoms with Crippen LogP contribution >= 0.6 is 0 Å². The average molecular weight is 465 g/mol. The van der Waals surface area contributed by atoms with E-state index < -0.39 is 15.8 Å². The molecule has 0 fully saturated rings. The largest absolute Gasteiger partial charge is 0.497 e. The number of aryl methyl sites for hydroxylation is 1. The van der Waals surface area contributed by atoms with Gasteiger partial charge in [0.2, 0.25) is 5.78 Å². The first kappa shape index (κ1) is 22.4. The SMILES string of the molecule is COc1cc(NC=C2C(=O)c3ccccc3N(Cc3cccc(C)c3)S2(=O)=O)cc(OC)c1. The van der Waals surface area contributed by atoms with Crippen molar-refractivity contribution in [2.75, 3.05) is 23.8 Å². The number of hydrogen-bond acceptors (Lipinski definition) is 6. The van der Waals surface area contributed by atoms with E-state index in [4.69, 9.17) is 9.47 Å². The maximum atomic E-state index is 13.6. The number of fused-ring (bicyclic) bond motifs is 1. The van der Waals surface area contributed by atoms with E-state index in [1.165, 1.54) is 24.7 Å². The highest BCUT2D eigenvalue weighted by molar-refractivity contribution is 7.97. The molecule has 0 atom stereocenters. The van der Waals surface area contributed by atoms with Crippen molar-refractivity contribution in [1.29, 1.82) is 0 Å². The minimum Gasteiger partial charge on any atom is -0.497 e. The summed E-state index contributed by atoms with van der Waals surface area (Å²) in [5, 5.41) is 2.93. The third-order valence-electron chi connectivity index (χ3n) is 5.34. The molecule has 4 rings (SSSR count). The van der Waals surface area contributed by atoms with E-state index >= 15 is 0 Å². The molecule has 8 heteroatoms. The van der Waals surface area contributed by atoms with Crippen molar-refractivity contribution < 1.29 is 22.7 Å². The first-order valence-electron chi connectivity index (χ1n) is 10.3. The molecule has 0 bridgehead atoms. The van der Waals surface area contributed by atoms with Gasteiger partial charge in [-0.1, -0.05) is 42.0 Å². The van der Waals surface area contributed by atoms with Crippen LogP contribution in [-0.4, -0.2) is 28.4 Å². The van der Waals surface area contributed by atoms with Gasteiger partial charge in [0.15, 0.2) is 4.91 Å². The molecule has 33 heavy (non-hydrogen) atoms. The van der Waals surface area contributed by atoms with Crippen LogP contribution in [0, 0.1) is 6.92 Å². The maximum absolute atomic E-state index is 13.6. The van der Waals surface area contributed by atoms with Crippen LogP contribution in [0.4, 0.5) is 11.4 Å². The van der Waals surface area contributed by atoms with Crippen molar-refractivity contribution in [3.63, 3.8) is 0 Å². The number of ketones is 1. The van der Waals surface area contributed by atoms with Crippen LogP contribution in [0.1, 0.15) is 21.5 Å². The predicted molar refractivity (Wildman–Crippen MR) is 128 cm³/mol. The number of nitrogens with zero attached hydrogens (tertiary/aromatic N) is 1. The smallest absolute Gasteiger partial charge is 0.270 e. The molecule has 3 aromatic rings. The van der Waals surface area contributed by atoms with E-state index in [0.29, 0.717) is 28.4 Å². The maximum Gasteiger partial charge on any atom is 0.270 e. The number of para-hydroxylation sites is 1. The monoisotopic (exact) mass is 464 g/mol. The number of carbonyl (C=O) groups is 1. The first-order valence-corrected chi connectivity index (χ1v) is 11.7. The molecule has 1 aliphatic rings. The zero-order valence-electron chi connectivity index (χ0n) is 18.5. The molecule has 0 aromatic heterocycles. The lowest BCUT2D eigenvalue weighted by Crippen LogP contribution is -2.39. The van der Waals surface area contributed by atoms with Crippen molar-refractivity contribution in [3.8, 4) is 11.5 Å². The molecule has 0 saturated carbocycles. The number of allylic oxidation sites excluding steroid dienone is 1. The highest BCUT2D eigenvalue weighted by atomic mass is 32.2. The van der Waals surface area contributed by atoms with Gasteiger partial charge in [0.05, 0.1) is 26.5 Å². The Balaban J connectivity index is 1.77. The van der Waals surface area contributed by atoms with Crippen LogP contribution in [-0.2, 0) is 16.6 Å². The fourth-order valence-corrected chi connectivity index (χ4v) is 5.23. The van der Waals surface area contributed by atoms with Gasteiger partial charge in [-0.05, 0) is 24.6 Å². The summed E-state index contributed by atoms with van der Waals surface area (Å²) in [6, 6.07) is 19.4. The summed E-state index contributed by atoms with van der Waals surface area (Å²) >= 11 is 0. The van der Waals surface area contributed by atoms with Gasteiger partial charge in [0.1, 0.15) is 11.5 Å². The summed E-state index contributed by atoms with van der Waals surface area (Å²) in [6.07, 6.45) is 1.23. The van der Waals surface area contributed by atoms with Gasteiger partial charge in [0.25, 0.3) is 10.0 Å². The predicted octanol–water partition coefficient (Wildman–Crippen LogP) is 4.50. The molecule has 0 radical (unpaired) electrons. The van der Waals surface area contributed by atoms with E-state index in [1.807, 2.05) is 31.2 Å². The molecule has 170 valence electrons. The van der Waals surface area contributed by atoms with Gasteiger partial charge >= 0.3 is 0 Å². The van der Waals surface area contributed by atoms with Gasteiger partial charge in [0, 0.05) is 35.6 Å². The molecule has 3 aromatic carbocycles. The second-order valence-corrected chi connectivity index (χ2v) is 9.43. The minimum absolute atomic E-state index is 0.110. The standard InChI is InChI=1S/C25H24N2O5S/c1-17-7-6-8-18(11-17)16-27-23-10-5-4-9-22(23)25(28)24(33(27,29)30)15-26-19-12-20(31-2)14-21(13-19)32-3/h4-15,26H,16H2,1-3H3. The van der Waals surface area contributed by atoms with Crippen molar-refractivity contribution in [3.05, 3.63) is 94.5 Å². The Bertz CT molecular complexity index is 1330. The summed E-state index contributed by atoms with van der Waals surface area (Å²) in [5.41, 5.74) is 3.06. The van der Waals surface area contributed by atoms with Crippen LogP contribution in [0.5, 0.6) is 11.5 Å². The topological polar surface area (TPSA) is 84.9 Å². The zero-order chi connectivity index (χ0) is 23.6. The molecule has 1 heterocycles. The second-order valence-electron chi connectivity index (χ2n) is 7.60. The van der Waals surface area contributed by atoms with Crippen molar-refractivity contribution >= 4 is 27.2 Å². The molecule has 1 N–H and O–H groups in total. The van der Waals surface area contributed by atoms with E-state index in [-0.39, 0.29) is 11.4 Å². The molecule has 1 aliphatic heterocycles. The number of nitrogens with one attached hydrogen (secondary N) is 1. The molecule has 0 amide bonds. The summed E-state index contributed by atoms with van der Waals surface area (Å²) in [6.45, 7) is 2.06. The molecule has 0 unspecified atom stereocenters. The summed E-state index contributed by atoms with van der Waals surface area (Å²) in [5.74, 6) is 0.493. The number of benzene rings is 3. The van der Waals surface area contributed by atoms with Gasteiger partial charge in [-0.25, -0.2) is 8.42 Å². The Morgan fingerprint density at radius 1 is 0.939 bits per heavy atom. The van der Waals surface area contributed by atoms with Crippen LogP contribution in [0.3, 0.4) is 0 Å². The van der Waals surface area contributed by atoms with E-state index in [9.17, 15) is 13.2 Å². The van der Waals surface area contributed by atoms with E-state index in [2.05, 4.69) is 5.32 Å². The minimum atomic E-state index is -4.12. The number of Topliss-reactive ketones (excluding diaryl/α,β-unsaturated/α-hetero) is 1. The quantitative estimate of drug-likeness (QED) is 0.541. The molecule has 0 aliphatic carbocycles. The fourth-order valence-electron chi connectivity index (χ4n) is 3.71. The van der Waals surface area contributed by atoms with Crippen LogP contribution < -0.4 is 19.1 Å². The third-order valence-corrected chi connectivity index (χ3v) is 7.10. The zero-order valence-corrected chi connectivity index (χ0v) is 19.3. The van der Waals surface area contributed by atoms with Crippen molar-refractivity contribution in [2.45, 2.75) is 13.5 Å². The summed E-state index contributed by atoms with van der Waals surface area (Å²) in [7, 11) is -1.08. The number of sulfonamides is 1. The third kappa shape index (κ3) is 4.42. The van der Waals surface area contributed by atoms with Crippen LogP contribution in [0.25, 0.3) is 0 Å². The van der Waals surface area contributed by atoms with Crippen molar-refractivity contribution in [1.82, 2.24) is 0 Å². The molecule has 0 saturated heterocycles.